The highest BCUT2D eigenvalue weighted by atomic mass is 32.2. The molecule has 0 spiro atoms. The Kier molecular flexibility index (Phi) is 7.59. The summed E-state index contributed by atoms with van der Waals surface area (Å²) in [6.07, 6.45) is 0. The average Bonchev–Trinajstić information content (AvgIpc) is 2.67. The van der Waals surface area contributed by atoms with Gasteiger partial charge >= 0.3 is 0 Å². The van der Waals surface area contributed by atoms with Crippen molar-refractivity contribution in [2.75, 3.05) is 24.2 Å². The number of nitrogens with one attached hydrogen (secondary N) is 1. The van der Waals surface area contributed by atoms with Crippen molar-refractivity contribution in [3.63, 3.8) is 0 Å². The third kappa shape index (κ3) is 5.33. The van der Waals surface area contributed by atoms with Gasteiger partial charge in [-0.25, -0.2) is 4.98 Å². The van der Waals surface area contributed by atoms with Gasteiger partial charge in [-0.1, -0.05) is 17.8 Å². The molecule has 28 heavy (non-hydrogen) atoms. The summed E-state index contributed by atoms with van der Waals surface area (Å²) in [4.78, 5) is 30.9. The van der Waals surface area contributed by atoms with Gasteiger partial charge in [-0.3, -0.25) is 9.59 Å². The number of hydrogen-bond acceptors (Lipinski definition) is 5. The maximum Gasteiger partial charge on any atom is 0.253 e. The van der Waals surface area contributed by atoms with Crippen LogP contribution in [0.5, 0.6) is 0 Å². The Morgan fingerprint density at radius 3 is 2.57 bits per heavy atom. The highest BCUT2D eigenvalue weighted by Gasteiger charge is 2.14. The van der Waals surface area contributed by atoms with E-state index in [1.807, 2.05) is 33.8 Å². The number of amides is 2. The summed E-state index contributed by atoms with van der Waals surface area (Å²) in [5.41, 5.74) is 3.26. The molecule has 0 unspecified atom stereocenters. The molecule has 0 saturated heterocycles. The second-order valence-corrected chi connectivity index (χ2v) is 7.23. The normalized spacial score (nSPS) is 10.2. The lowest BCUT2D eigenvalue weighted by Gasteiger charge is -2.19. The van der Waals surface area contributed by atoms with Crippen LogP contribution in [-0.4, -0.2) is 40.5 Å². The maximum atomic E-state index is 12.5. The van der Waals surface area contributed by atoms with Crippen molar-refractivity contribution in [2.45, 2.75) is 32.7 Å². The largest absolute Gasteiger partial charge is 0.339 e. The third-order valence-electron chi connectivity index (χ3n) is 4.21. The molecule has 6 nitrogen and oxygen atoms in total. The van der Waals surface area contributed by atoms with E-state index in [9.17, 15) is 14.9 Å². The first-order valence-corrected chi connectivity index (χ1v) is 10.1. The lowest BCUT2D eigenvalue weighted by molar-refractivity contribution is -0.113. The van der Waals surface area contributed by atoms with E-state index in [1.165, 1.54) is 11.8 Å². The Morgan fingerprint density at radius 2 is 1.93 bits per heavy atom. The van der Waals surface area contributed by atoms with Gasteiger partial charge in [0.25, 0.3) is 5.91 Å². The summed E-state index contributed by atoms with van der Waals surface area (Å²) in [6.45, 7) is 8.84. The van der Waals surface area contributed by atoms with Crippen molar-refractivity contribution in [1.29, 1.82) is 5.26 Å². The SMILES string of the molecule is CCN(CC)C(=O)c1cccc(NC(=O)CSc2nc(C)cc(C)c2C#N)c1. The minimum atomic E-state index is -0.220. The molecule has 2 amide bonds. The number of aromatic nitrogens is 1. The van der Waals surface area contributed by atoms with Crippen LogP contribution in [0.4, 0.5) is 5.69 Å². The lowest BCUT2D eigenvalue weighted by atomic mass is 10.1. The predicted octanol–water partition coefficient (Wildman–Crippen LogP) is 3.78. The van der Waals surface area contributed by atoms with E-state index in [4.69, 9.17) is 0 Å². The third-order valence-corrected chi connectivity index (χ3v) is 5.18. The van der Waals surface area contributed by atoms with Crippen molar-refractivity contribution < 1.29 is 9.59 Å². The van der Waals surface area contributed by atoms with E-state index in [0.29, 0.717) is 34.9 Å². The van der Waals surface area contributed by atoms with Gasteiger partial charge < -0.3 is 10.2 Å². The van der Waals surface area contributed by atoms with Gasteiger partial charge in [-0.15, -0.1) is 0 Å². The molecule has 0 aliphatic rings. The number of rotatable bonds is 7. The number of thioether (sulfide) groups is 1. The van der Waals surface area contributed by atoms with Gasteiger partial charge in [0, 0.05) is 30.0 Å². The van der Waals surface area contributed by atoms with Crippen LogP contribution in [-0.2, 0) is 4.79 Å². The van der Waals surface area contributed by atoms with Crippen LogP contribution < -0.4 is 5.32 Å². The molecule has 0 aliphatic heterocycles. The maximum absolute atomic E-state index is 12.5. The molecule has 0 aliphatic carbocycles. The van der Waals surface area contributed by atoms with Gasteiger partial charge in [0.05, 0.1) is 11.3 Å². The van der Waals surface area contributed by atoms with Gasteiger partial charge in [0.1, 0.15) is 11.1 Å². The van der Waals surface area contributed by atoms with Crippen molar-refractivity contribution in [3.05, 3.63) is 52.7 Å². The highest BCUT2D eigenvalue weighted by molar-refractivity contribution is 8.00. The molecule has 0 bridgehead atoms. The fourth-order valence-corrected chi connectivity index (χ4v) is 3.70. The molecular formula is C21H24N4O2S. The molecule has 2 aromatic rings. The minimum Gasteiger partial charge on any atom is -0.339 e. The second kappa shape index (κ2) is 9.90. The van der Waals surface area contributed by atoms with Crippen LogP contribution in [0.25, 0.3) is 0 Å². The quantitative estimate of drug-likeness (QED) is 0.720. The number of anilines is 1. The number of pyridine rings is 1. The van der Waals surface area contributed by atoms with E-state index in [2.05, 4.69) is 16.4 Å². The molecular weight excluding hydrogens is 372 g/mol. The van der Waals surface area contributed by atoms with Gasteiger partial charge in [0.15, 0.2) is 0 Å². The smallest absolute Gasteiger partial charge is 0.253 e. The van der Waals surface area contributed by atoms with Crippen molar-refractivity contribution in [2.24, 2.45) is 0 Å². The van der Waals surface area contributed by atoms with E-state index in [0.717, 1.165) is 11.3 Å². The van der Waals surface area contributed by atoms with E-state index < -0.39 is 0 Å². The Hall–Kier alpha value is -2.85. The fourth-order valence-electron chi connectivity index (χ4n) is 2.80. The first kappa shape index (κ1) is 21.5. The number of carbonyl (C=O) groups excluding carboxylic acids is 2. The monoisotopic (exact) mass is 396 g/mol. The Labute approximate surface area is 170 Å². The predicted molar refractivity (Wildman–Crippen MR) is 111 cm³/mol. The number of nitrogens with zero attached hydrogens (tertiary/aromatic N) is 3. The van der Waals surface area contributed by atoms with E-state index in [-0.39, 0.29) is 17.6 Å². The molecule has 2 rings (SSSR count). The molecule has 0 fully saturated rings. The van der Waals surface area contributed by atoms with Crippen LogP contribution in [0, 0.1) is 25.2 Å². The van der Waals surface area contributed by atoms with Gasteiger partial charge in [0.2, 0.25) is 5.91 Å². The molecule has 1 heterocycles. The van der Waals surface area contributed by atoms with Crippen LogP contribution in [0.15, 0.2) is 35.4 Å². The van der Waals surface area contributed by atoms with Crippen LogP contribution in [0.2, 0.25) is 0 Å². The molecule has 0 radical (unpaired) electrons. The van der Waals surface area contributed by atoms with Crippen LogP contribution >= 0.6 is 11.8 Å². The number of carbonyl (C=O) groups is 2. The molecule has 146 valence electrons. The first-order chi connectivity index (χ1) is 13.4. The molecule has 1 aromatic carbocycles. The molecule has 0 saturated carbocycles. The first-order valence-electron chi connectivity index (χ1n) is 9.09. The summed E-state index contributed by atoms with van der Waals surface area (Å²) in [5.74, 6) is -0.158. The van der Waals surface area contributed by atoms with Gasteiger partial charge in [-0.2, -0.15) is 5.26 Å². The number of nitriles is 1. The van der Waals surface area contributed by atoms with E-state index >= 15 is 0 Å². The second-order valence-electron chi connectivity index (χ2n) is 6.27. The van der Waals surface area contributed by atoms with Crippen molar-refractivity contribution in [1.82, 2.24) is 9.88 Å². The lowest BCUT2D eigenvalue weighted by Crippen LogP contribution is -2.30. The topological polar surface area (TPSA) is 86.1 Å². The van der Waals surface area contributed by atoms with Crippen LogP contribution in [0.1, 0.15) is 41.0 Å². The Morgan fingerprint density at radius 1 is 1.21 bits per heavy atom. The molecule has 7 heteroatoms. The zero-order valence-electron chi connectivity index (χ0n) is 16.6. The summed E-state index contributed by atoms with van der Waals surface area (Å²) >= 11 is 1.23. The van der Waals surface area contributed by atoms with Crippen molar-refractivity contribution >= 4 is 29.3 Å². The zero-order valence-corrected chi connectivity index (χ0v) is 17.4. The zero-order chi connectivity index (χ0) is 20.7. The number of benzene rings is 1. The van der Waals surface area contributed by atoms with Crippen molar-refractivity contribution in [3.8, 4) is 6.07 Å². The number of hydrogen-bond donors (Lipinski definition) is 1. The summed E-state index contributed by atoms with van der Waals surface area (Å²) in [7, 11) is 0. The molecule has 0 atom stereocenters. The standard InChI is InChI=1S/C21H24N4O2S/c1-5-25(6-2)21(27)16-8-7-9-17(11-16)24-19(26)13-28-20-18(12-22)14(3)10-15(4)23-20/h7-11H,5-6,13H2,1-4H3,(H,24,26). The number of aryl methyl sites for hydroxylation is 2. The van der Waals surface area contributed by atoms with Gasteiger partial charge in [-0.05, 0) is 57.5 Å². The fraction of sp³-hybridized carbons (Fsp3) is 0.333. The summed E-state index contributed by atoms with van der Waals surface area (Å²) < 4.78 is 0. The summed E-state index contributed by atoms with van der Waals surface area (Å²) in [5, 5.41) is 12.7. The molecule has 1 aromatic heterocycles. The Balaban J connectivity index is 2.06. The highest BCUT2D eigenvalue weighted by Crippen LogP contribution is 2.24. The van der Waals surface area contributed by atoms with Crippen LogP contribution in [0.3, 0.4) is 0 Å². The minimum absolute atomic E-state index is 0.0615. The summed E-state index contributed by atoms with van der Waals surface area (Å²) in [6, 6.07) is 10.9. The molecule has 1 N–H and O–H groups in total. The Bertz CT molecular complexity index is 917. The average molecular weight is 397 g/mol. The van der Waals surface area contributed by atoms with E-state index in [1.54, 1.807) is 29.2 Å².